The van der Waals surface area contributed by atoms with E-state index in [9.17, 15) is 9.59 Å². The number of carbonyl (C=O) groups excluding carboxylic acids is 2. The van der Waals surface area contributed by atoms with Gasteiger partial charge < -0.3 is 43.2 Å². The summed E-state index contributed by atoms with van der Waals surface area (Å²) in [6.45, 7) is 4.64. The monoisotopic (exact) mass is 551 g/mol. The van der Waals surface area contributed by atoms with Crippen LogP contribution in [0.3, 0.4) is 0 Å². The smallest absolute Gasteiger partial charge is 0.337 e. The van der Waals surface area contributed by atoms with Crippen molar-refractivity contribution in [3.63, 3.8) is 0 Å². The lowest BCUT2D eigenvalue weighted by molar-refractivity contribution is -0.153. The van der Waals surface area contributed by atoms with Gasteiger partial charge in [-0.15, -0.1) is 0 Å². The molecule has 0 aromatic heterocycles. The summed E-state index contributed by atoms with van der Waals surface area (Å²) in [6, 6.07) is 7.10. The summed E-state index contributed by atoms with van der Waals surface area (Å²) in [7, 11) is 1.34. The standard InChI is InChI=1S/C28H41NO10/c1-33-28(32)23-6-4-22(5-7-23)24-20-25(39-26(21-24)38-11-3-2-10-30)27(31)29-8-12-34-14-16-36-18-19-37-17-15-35-13-9-29/h4-7,20,24,26,30H,2-3,8-19,21H2,1H3/t24-,26+/m0/s1. The highest BCUT2D eigenvalue weighted by Crippen LogP contribution is 2.32. The highest BCUT2D eigenvalue weighted by molar-refractivity contribution is 5.92. The summed E-state index contributed by atoms with van der Waals surface area (Å²) in [5.74, 6) is -0.666. The van der Waals surface area contributed by atoms with Crippen molar-refractivity contribution >= 4 is 11.9 Å². The van der Waals surface area contributed by atoms with Gasteiger partial charge in [0.1, 0.15) is 0 Å². The van der Waals surface area contributed by atoms with E-state index in [1.807, 2.05) is 18.2 Å². The number of methoxy groups -OCH3 is 1. The van der Waals surface area contributed by atoms with E-state index in [1.54, 1.807) is 17.0 Å². The number of rotatable bonds is 8. The third-order valence-corrected chi connectivity index (χ3v) is 6.30. The Bertz CT molecular complexity index is 875. The number of nitrogens with zero attached hydrogens (tertiary/aromatic N) is 1. The van der Waals surface area contributed by atoms with Crippen LogP contribution in [0.2, 0.25) is 0 Å². The van der Waals surface area contributed by atoms with Crippen molar-refractivity contribution in [2.75, 3.05) is 86.3 Å². The van der Waals surface area contributed by atoms with Crippen molar-refractivity contribution in [1.82, 2.24) is 4.90 Å². The fraction of sp³-hybridized carbons (Fsp3) is 0.643. The molecule has 3 rings (SSSR count). The lowest BCUT2D eigenvalue weighted by Gasteiger charge is -2.32. The zero-order valence-electron chi connectivity index (χ0n) is 22.7. The molecule has 1 amide bonds. The van der Waals surface area contributed by atoms with Gasteiger partial charge in [0.05, 0.1) is 72.1 Å². The van der Waals surface area contributed by atoms with E-state index in [4.69, 9.17) is 38.3 Å². The number of hydrogen-bond acceptors (Lipinski definition) is 10. The molecule has 2 atom stereocenters. The third kappa shape index (κ3) is 10.9. The van der Waals surface area contributed by atoms with Crippen LogP contribution in [-0.4, -0.2) is 114 Å². The minimum absolute atomic E-state index is 0.0883. The predicted molar refractivity (Wildman–Crippen MR) is 140 cm³/mol. The lowest BCUT2D eigenvalue weighted by Crippen LogP contribution is -2.40. The van der Waals surface area contributed by atoms with E-state index in [2.05, 4.69) is 0 Å². The predicted octanol–water partition coefficient (Wildman–Crippen LogP) is 1.88. The number of unbranched alkanes of at least 4 members (excludes halogenated alkanes) is 1. The Balaban J connectivity index is 1.73. The van der Waals surface area contributed by atoms with Crippen molar-refractivity contribution < 1.29 is 47.9 Å². The van der Waals surface area contributed by atoms with Gasteiger partial charge >= 0.3 is 5.97 Å². The Kier molecular flexibility index (Phi) is 14.2. The number of hydrogen-bond donors (Lipinski definition) is 1. The Morgan fingerprint density at radius 1 is 0.897 bits per heavy atom. The Morgan fingerprint density at radius 2 is 1.49 bits per heavy atom. The van der Waals surface area contributed by atoms with Crippen LogP contribution < -0.4 is 0 Å². The summed E-state index contributed by atoms with van der Waals surface area (Å²) < 4.78 is 39.0. The maximum Gasteiger partial charge on any atom is 0.337 e. The van der Waals surface area contributed by atoms with Gasteiger partial charge in [-0.25, -0.2) is 4.79 Å². The Hall–Kier alpha value is -2.54. The summed E-state index contributed by atoms with van der Waals surface area (Å²) in [5, 5.41) is 9.08. The number of amides is 1. The second-order valence-electron chi connectivity index (χ2n) is 9.08. The molecule has 1 fully saturated rings. The molecule has 1 aromatic rings. The second-order valence-corrected chi connectivity index (χ2v) is 9.08. The van der Waals surface area contributed by atoms with Gasteiger partial charge in [0, 0.05) is 32.0 Å². The molecule has 0 unspecified atom stereocenters. The summed E-state index contributed by atoms with van der Waals surface area (Å²) >= 11 is 0. The van der Waals surface area contributed by atoms with Crippen LogP contribution in [0, 0.1) is 0 Å². The minimum Gasteiger partial charge on any atom is -0.465 e. The van der Waals surface area contributed by atoms with Gasteiger partial charge in [0.15, 0.2) is 5.76 Å². The van der Waals surface area contributed by atoms with Crippen molar-refractivity contribution in [1.29, 1.82) is 0 Å². The molecule has 2 heterocycles. The quantitative estimate of drug-likeness (QED) is 0.379. The second kappa shape index (κ2) is 17.9. The molecule has 0 radical (unpaired) electrons. The number of benzene rings is 1. The number of ether oxygens (including phenoxy) is 7. The first-order valence-electron chi connectivity index (χ1n) is 13.5. The van der Waals surface area contributed by atoms with Gasteiger partial charge in [-0.3, -0.25) is 4.79 Å². The maximum atomic E-state index is 13.7. The van der Waals surface area contributed by atoms with Crippen LogP contribution in [0.15, 0.2) is 36.1 Å². The average molecular weight is 552 g/mol. The highest BCUT2D eigenvalue weighted by Gasteiger charge is 2.31. The topological polar surface area (TPSA) is 122 Å². The van der Waals surface area contributed by atoms with Crippen LogP contribution in [0.25, 0.3) is 0 Å². The molecule has 11 nitrogen and oxygen atoms in total. The molecule has 218 valence electrons. The molecular weight excluding hydrogens is 510 g/mol. The Morgan fingerprint density at radius 3 is 2.05 bits per heavy atom. The van der Waals surface area contributed by atoms with E-state index >= 15 is 0 Å². The van der Waals surface area contributed by atoms with E-state index in [-0.39, 0.29) is 24.2 Å². The van der Waals surface area contributed by atoms with Gasteiger partial charge in [0.2, 0.25) is 6.29 Å². The lowest BCUT2D eigenvalue weighted by atomic mass is 9.92. The molecule has 0 aliphatic carbocycles. The molecule has 2 aliphatic heterocycles. The first-order chi connectivity index (χ1) is 19.1. The summed E-state index contributed by atoms with van der Waals surface area (Å²) in [4.78, 5) is 27.2. The van der Waals surface area contributed by atoms with E-state index in [1.165, 1.54) is 7.11 Å². The molecule has 0 saturated carbocycles. The fourth-order valence-corrected chi connectivity index (χ4v) is 4.14. The summed E-state index contributed by atoms with van der Waals surface area (Å²) in [6.07, 6.45) is 2.97. The van der Waals surface area contributed by atoms with Crippen molar-refractivity contribution in [2.24, 2.45) is 0 Å². The van der Waals surface area contributed by atoms with E-state index in [0.717, 1.165) is 5.56 Å². The number of aliphatic hydroxyl groups excluding tert-OH is 1. The molecular formula is C28H41NO10. The van der Waals surface area contributed by atoms with Gasteiger partial charge in [-0.2, -0.15) is 0 Å². The molecule has 1 saturated heterocycles. The van der Waals surface area contributed by atoms with Crippen molar-refractivity contribution in [2.45, 2.75) is 31.5 Å². The minimum atomic E-state index is -0.636. The van der Waals surface area contributed by atoms with E-state index in [0.29, 0.717) is 97.4 Å². The number of aliphatic hydroxyl groups is 1. The van der Waals surface area contributed by atoms with Crippen LogP contribution >= 0.6 is 0 Å². The van der Waals surface area contributed by atoms with Gasteiger partial charge in [0.25, 0.3) is 5.91 Å². The van der Waals surface area contributed by atoms with Crippen molar-refractivity contribution in [3.05, 3.63) is 47.2 Å². The number of carbonyl (C=O) groups is 2. The molecule has 1 N–H and O–H groups in total. The average Bonchev–Trinajstić information content (AvgIpc) is 2.98. The zero-order chi connectivity index (χ0) is 27.7. The molecule has 0 spiro atoms. The first kappa shape index (κ1) is 31.0. The molecule has 39 heavy (non-hydrogen) atoms. The molecule has 11 heteroatoms. The SMILES string of the molecule is COC(=O)c1ccc([C@H]2C=C(C(=O)N3CCOCCOCCOCCOCC3)O[C@@H](OCCCCO)C2)cc1. The maximum absolute atomic E-state index is 13.7. The zero-order valence-corrected chi connectivity index (χ0v) is 22.7. The molecule has 1 aromatic carbocycles. The van der Waals surface area contributed by atoms with Crippen LogP contribution in [-0.2, 0) is 38.0 Å². The Labute approximate surface area is 229 Å². The van der Waals surface area contributed by atoms with Crippen molar-refractivity contribution in [3.8, 4) is 0 Å². The van der Waals surface area contributed by atoms with Gasteiger partial charge in [-0.1, -0.05) is 12.1 Å². The van der Waals surface area contributed by atoms with E-state index < -0.39 is 12.3 Å². The fourth-order valence-electron chi connectivity index (χ4n) is 4.14. The highest BCUT2D eigenvalue weighted by atomic mass is 16.7. The summed E-state index contributed by atoms with van der Waals surface area (Å²) in [5.41, 5.74) is 1.37. The normalized spacial score (nSPS) is 22.1. The molecule has 0 bridgehead atoms. The third-order valence-electron chi connectivity index (χ3n) is 6.30. The van der Waals surface area contributed by atoms with Crippen LogP contribution in [0.5, 0.6) is 0 Å². The molecule has 2 aliphatic rings. The first-order valence-corrected chi connectivity index (χ1v) is 13.5. The van der Waals surface area contributed by atoms with Crippen LogP contribution in [0.1, 0.15) is 41.1 Å². The van der Waals surface area contributed by atoms with Crippen LogP contribution in [0.4, 0.5) is 0 Å². The number of esters is 1. The number of allylic oxidation sites excluding steroid dienone is 1. The largest absolute Gasteiger partial charge is 0.465 e. The van der Waals surface area contributed by atoms with Gasteiger partial charge in [-0.05, 0) is 36.6 Å².